The standard InChI is InChI=1S/C13H16N2O2S/c1-15-5-4-8-6-9(2-3-11(8)15)12-14-10(7-18-12)13(16)17/h2-3,6,10,12,14H,4-5,7H2,1H3,(H,16,17). The summed E-state index contributed by atoms with van der Waals surface area (Å²) in [5, 5.41) is 12.3. The molecule has 0 bridgehead atoms. The Morgan fingerprint density at radius 3 is 3.11 bits per heavy atom. The summed E-state index contributed by atoms with van der Waals surface area (Å²) < 4.78 is 0. The van der Waals surface area contributed by atoms with Crippen LogP contribution in [-0.2, 0) is 11.2 Å². The van der Waals surface area contributed by atoms with E-state index in [9.17, 15) is 4.79 Å². The predicted molar refractivity (Wildman–Crippen MR) is 73.2 cm³/mol. The molecular formula is C13H16N2O2S. The first-order chi connectivity index (χ1) is 8.65. The third-order valence-corrected chi connectivity index (χ3v) is 4.88. The fourth-order valence-corrected chi connectivity index (χ4v) is 3.78. The summed E-state index contributed by atoms with van der Waals surface area (Å²) in [6, 6.07) is 6.05. The summed E-state index contributed by atoms with van der Waals surface area (Å²) in [4.78, 5) is 13.2. The molecule has 0 radical (unpaired) electrons. The topological polar surface area (TPSA) is 52.6 Å². The lowest BCUT2D eigenvalue weighted by atomic mass is 10.1. The zero-order valence-corrected chi connectivity index (χ0v) is 11.0. The van der Waals surface area contributed by atoms with E-state index >= 15 is 0 Å². The van der Waals surface area contributed by atoms with Crippen LogP contribution in [0.4, 0.5) is 5.69 Å². The molecule has 3 rings (SSSR count). The number of carbonyl (C=O) groups is 1. The van der Waals surface area contributed by atoms with Gasteiger partial charge in [0.25, 0.3) is 0 Å². The molecule has 4 nitrogen and oxygen atoms in total. The molecule has 18 heavy (non-hydrogen) atoms. The van der Waals surface area contributed by atoms with E-state index in [0.29, 0.717) is 5.75 Å². The molecule has 1 aromatic rings. The van der Waals surface area contributed by atoms with Crippen molar-refractivity contribution in [3.05, 3.63) is 29.3 Å². The highest BCUT2D eigenvalue weighted by Gasteiger charge is 2.30. The Labute approximate surface area is 110 Å². The molecule has 1 saturated heterocycles. The number of benzene rings is 1. The molecule has 0 aromatic heterocycles. The van der Waals surface area contributed by atoms with Gasteiger partial charge >= 0.3 is 5.97 Å². The van der Waals surface area contributed by atoms with Crippen LogP contribution < -0.4 is 10.2 Å². The van der Waals surface area contributed by atoms with Gasteiger partial charge in [-0.1, -0.05) is 12.1 Å². The minimum Gasteiger partial charge on any atom is -0.480 e. The van der Waals surface area contributed by atoms with Gasteiger partial charge in [-0.05, 0) is 23.6 Å². The van der Waals surface area contributed by atoms with E-state index in [1.807, 2.05) is 0 Å². The number of thioether (sulfide) groups is 1. The van der Waals surface area contributed by atoms with Gasteiger partial charge in [0.1, 0.15) is 6.04 Å². The lowest BCUT2D eigenvalue weighted by Crippen LogP contribution is -2.33. The van der Waals surface area contributed by atoms with E-state index in [0.717, 1.165) is 13.0 Å². The molecule has 2 unspecified atom stereocenters. The molecule has 1 aromatic carbocycles. The zero-order chi connectivity index (χ0) is 12.7. The second kappa shape index (κ2) is 4.48. The molecule has 0 aliphatic carbocycles. The number of anilines is 1. The van der Waals surface area contributed by atoms with E-state index in [1.54, 1.807) is 11.8 Å². The maximum absolute atomic E-state index is 10.9. The van der Waals surface area contributed by atoms with Crippen molar-refractivity contribution in [2.45, 2.75) is 17.8 Å². The second-order valence-corrected chi connectivity index (χ2v) is 5.97. The van der Waals surface area contributed by atoms with E-state index in [4.69, 9.17) is 5.11 Å². The van der Waals surface area contributed by atoms with Gasteiger partial charge in [0.05, 0.1) is 5.37 Å². The van der Waals surface area contributed by atoms with Gasteiger partial charge in [-0.2, -0.15) is 0 Å². The quantitative estimate of drug-likeness (QED) is 0.847. The van der Waals surface area contributed by atoms with Crippen LogP contribution in [0.3, 0.4) is 0 Å². The maximum Gasteiger partial charge on any atom is 0.321 e. The Hall–Kier alpha value is -1.20. The van der Waals surface area contributed by atoms with E-state index in [-0.39, 0.29) is 5.37 Å². The van der Waals surface area contributed by atoms with Gasteiger partial charge in [-0.25, -0.2) is 0 Å². The largest absolute Gasteiger partial charge is 0.480 e. The Balaban J connectivity index is 1.80. The number of carboxylic acid groups (broad SMARTS) is 1. The lowest BCUT2D eigenvalue weighted by molar-refractivity contribution is -0.138. The maximum atomic E-state index is 10.9. The monoisotopic (exact) mass is 264 g/mol. The highest BCUT2D eigenvalue weighted by Crippen LogP contribution is 2.36. The smallest absolute Gasteiger partial charge is 0.321 e. The second-order valence-electron chi connectivity index (χ2n) is 4.83. The average molecular weight is 264 g/mol. The fourth-order valence-electron chi connectivity index (χ4n) is 2.56. The van der Waals surface area contributed by atoms with Crippen LogP contribution in [0.5, 0.6) is 0 Å². The highest BCUT2D eigenvalue weighted by molar-refractivity contribution is 7.99. The molecule has 2 aliphatic heterocycles. The van der Waals surface area contributed by atoms with Crippen molar-refractivity contribution >= 4 is 23.4 Å². The molecule has 2 aliphatic rings. The van der Waals surface area contributed by atoms with Crippen molar-refractivity contribution in [2.75, 3.05) is 24.2 Å². The SMILES string of the molecule is CN1CCc2cc(C3NC(C(=O)O)CS3)ccc21. The number of nitrogens with zero attached hydrogens (tertiary/aromatic N) is 1. The van der Waals surface area contributed by atoms with Crippen LogP contribution in [0.2, 0.25) is 0 Å². The molecule has 0 spiro atoms. The Kier molecular flexibility index (Phi) is 2.95. The Bertz CT molecular complexity index is 492. The Morgan fingerprint density at radius 2 is 2.39 bits per heavy atom. The van der Waals surface area contributed by atoms with Crippen molar-refractivity contribution < 1.29 is 9.90 Å². The van der Waals surface area contributed by atoms with Gasteiger partial charge in [0.15, 0.2) is 0 Å². The number of hydrogen-bond acceptors (Lipinski definition) is 4. The molecule has 5 heteroatoms. The number of carboxylic acids is 1. The van der Waals surface area contributed by atoms with Crippen LogP contribution >= 0.6 is 11.8 Å². The predicted octanol–water partition coefficient (Wildman–Crippen LogP) is 1.47. The van der Waals surface area contributed by atoms with Crippen LogP contribution in [0.1, 0.15) is 16.5 Å². The van der Waals surface area contributed by atoms with E-state index < -0.39 is 12.0 Å². The third kappa shape index (κ3) is 1.97. The van der Waals surface area contributed by atoms with E-state index in [2.05, 4.69) is 35.5 Å². The first-order valence-electron chi connectivity index (χ1n) is 6.09. The van der Waals surface area contributed by atoms with Gasteiger partial charge < -0.3 is 10.0 Å². The molecule has 2 heterocycles. The zero-order valence-electron chi connectivity index (χ0n) is 10.2. The highest BCUT2D eigenvalue weighted by atomic mass is 32.2. The van der Waals surface area contributed by atoms with Gasteiger partial charge in [0.2, 0.25) is 0 Å². The summed E-state index contributed by atoms with van der Waals surface area (Å²) >= 11 is 1.67. The van der Waals surface area contributed by atoms with Crippen molar-refractivity contribution in [1.29, 1.82) is 0 Å². The van der Waals surface area contributed by atoms with E-state index in [1.165, 1.54) is 16.8 Å². The summed E-state index contributed by atoms with van der Waals surface area (Å²) in [5.41, 5.74) is 3.87. The number of rotatable bonds is 2. The minimum atomic E-state index is -0.758. The summed E-state index contributed by atoms with van der Waals surface area (Å²) in [6.45, 7) is 1.07. The molecule has 0 amide bonds. The number of hydrogen-bond donors (Lipinski definition) is 2. The van der Waals surface area contributed by atoms with Crippen LogP contribution in [0.25, 0.3) is 0 Å². The number of fused-ring (bicyclic) bond motifs is 1. The molecule has 0 saturated carbocycles. The summed E-state index contributed by atoms with van der Waals surface area (Å²) in [5.74, 6) is -0.123. The molecule has 1 fully saturated rings. The summed E-state index contributed by atoms with van der Waals surface area (Å²) in [6.07, 6.45) is 1.08. The Morgan fingerprint density at radius 1 is 1.56 bits per heavy atom. The fraction of sp³-hybridized carbons (Fsp3) is 0.462. The molecule has 2 atom stereocenters. The molecule has 2 N–H and O–H groups in total. The van der Waals surface area contributed by atoms with Gasteiger partial charge in [0, 0.05) is 25.0 Å². The average Bonchev–Trinajstić information content (AvgIpc) is 2.96. The molecular weight excluding hydrogens is 248 g/mol. The minimum absolute atomic E-state index is 0.113. The third-order valence-electron chi connectivity index (χ3n) is 3.61. The number of nitrogens with one attached hydrogen (secondary N) is 1. The van der Waals surface area contributed by atoms with Crippen molar-refractivity contribution in [3.8, 4) is 0 Å². The molecule has 96 valence electrons. The number of aliphatic carboxylic acids is 1. The first-order valence-corrected chi connectivity index (χ1v) is 7.14. The first kappa shape index (κ1) is 11.9. The van der Waals surface area contributed by atoms with Crippen molar-refractivity contribution in [2.24, 2.45) is 0 Å². The normalized spacial score (nSPS) is 26.4. The van der Waals surface area contributed by atoms with Crippen LogP contribution in [-0.4, -0.2) is 36.5 Å². The number of likely N-dealkylation sites (N-methyl/N-ethyl adjacent to an activating group) is 1. The van der Waals surface area contributed by atoms with Crippen LogP contribution in [0, 0.1) is 0 Å². The van der Waals surface area contributed by atoms with Gasteiger partial charge in [-0.15, -0.1) is 11.8 Å². The van der Waals surface area contributed by atoms with Crippen LogP contribution in [0.15, 0.2) is 18.2 Å². The van der Waals surface area contributed by atoms with Gasteiger partial charge in [-0.3, -0.25) is 10.1 Å². The van der Waals surface area contributed by atoms with Crippen molar-refractivity contribution in [1.82, 2.24) is 5.32 Å². The van der Waals surface area contributed by atoms with Crippen molar-refractivity contribution in [3.63, 3.8) is 0 Å². The summed E-state index contributed by atoms with van der Waals surface area (Å²) in [7, 11) is 2.11. The lowest BCUT2D eigenvalue weighted by Gasteiger charge is -2.15.